The molecule has 0 radical (unpaired) electrons. The van der Waals surface area contributed by atoms with Crippen LogP contribution in [-0.2, 0) is 12.8 Å². The molecule has 0 aromatic heterocycles. The summed E-state index contributed by atoms with van der Waals surface area (Å²) in [6.45, 7) is 0.890. The van der Waals surface area contributed by atoms with Crippen LogP contribution in [0.2, 0.25) is 0 Å². The number of benzene rings is 1. The van der Waals surface area contributed by atoms with E-state index in [1.54, 1.807) is 18.9 Å². The first kappa shape index (κ1) is 14.8. The summed E-state index contributed by atoms with van der Waals surface area (Å²) in [5.41, 5.74) is -0.656. The Labute approximate surface area is 103 Å². The monoisotopic (exact) mass is 263 g/mol. The Balaban J connectivity index is 3.18. The molecule has 0 heterocycles. The van der Waals surface area contributed by atoms with Crippen molar-refractivity contribution in [1.82, 2.24) is 0 Å². The first-order valence-corrected chi connectivity index (χ1v) is 5.46. The SMILES string of the molecule is CC(CO)N(C)c1ccc(CO)c(C(F)(F)F)c1. The zero-order valence-corrected chi connectivity index (χ0v) is 10.2. The predicted molar refractivity (Wildman–Crippen MR) is 62.3 cm³/mol. The van der Waals surface area contributed by atoms with Gasteiger partial charge in [0.05, 0.1) is 18.8 Å². The second-order valence-electron chi connectivity index (χ2n) is 4.14. The van der Waals surface area contributed by atoms with Crippen LogP contribution in [0.1, 0.15) is 18.1 Å². The lowest BCUT2D eigenvalue weighted by molar-refractivity contribution is -0.138. The fourth-order valence-corrected chi connectivity index (χ4v) is 1.56. The fourth-order valence-electron chi connectivity index (χ4n) is 1.56. The molecule has 1 aromatic rings. The van der Waals surface area contributed by atoms with Crippen molar-refractivity contribution in [2.24, 2.45) is 0 Å². The average Bonchev–Trinajstić information content (AvgIpc) is 2.35. The molecule has 2 N–H and O–H groups in total. The van der Waals surface area contributed by atoms with Crippen LogP contribution in [0.3, 0.4) is 0 Å². The second-order valence-corrected chi connectivity index (χ2v) is 4.14. The molecule has 0 fully saturated rings. The molecule has 0 saturated carbocycles. The summed E-state index contributed by atoms with van der Waals surface area (Å²) in [7, 11) is 1.61. The molecule has 0 aliphatic carbocycles. The number of aliphatic hydroxyl groups excluding tert-OH is 2. The first-order chi connectivity index (χ1) is 8.31. The lowest BCUT2D eigenvalue weighted by atomic mass is 10.1. The van der Waals surface area contributed by atoms with Gasteiger partial charge in [-0.2, -0.15) is 13.2 Å². The Hall–Kier alpha value is -1.27. The van der Waals surface area contributed by atoms with Crippen molar-refractivity contribution in [3.8, 4) is 0 Å². The molecule has 18 heavy (non-hydrogen) atoms. The molecule has 0 saturated heterocycles. The summed E-state index contributed by atoms with van der Waals surface area (Å²) in [5.74, 6) is 0. The maximum absolute atomic E-state index is 12.8. The van der Waals surface area contributed by atoms with Crippen molar-refractivity contribution in [2.45, 2.75) is 25.7 Å². The van der Waals surface area contributed by atoms with Crippen molar-refractivity contribution in [3.05, 3.63) is 29.3 Å². The van der Waals surface area contributed by atoms with Gasteiger partial charge in [0.1, 0.15) is 0 Å². The zero-order chi connectivity index (χ0) is 13.9. The Bertz CT molecular complexity index is 407. The van der Waals surface area contributed by atoms with Gasteiger partial charge in [-0.3, -0.25) is 0 Å². The fraction of sp³-hybridized carbons (Fsp3) is 0.500. The number of alkyl halides is 3. The van der Waals surface area contributed by atoms with E-state index in [4.69, 9.17) is 10.2 Å². The van der Waals surface area contributed by atoms with Crippen LogP contribution in [0.15, 0.2) is 18.2 Å². The molecule has 0 aliphatic heterocycles. The van der Waals surface area contributed by atoms with E-state index in [2.05, 4.69) is 0 Å². The molecule has 1 aromatic carbocycles. The minimum Gasteiger partial charge on any atom is -0.394 e. The summed E-state index contributed by atoms with van der Waals surface area (Å²) in [5, 5.41) is 17.9. The lowest BCUT2D eigenvalue weighted by Crippen LogP contribution is -2.32. The predicted octanol–water partition coefficient (Wildman–Crippen LogP) is 2.01. The largest absolute Gasteiger partial charge is 0.416 e. The van der Waals surface area contributed by atoms with Gasteiger partial charge >= 0.3 is 6.18 Å². The van der Waals surface area contributed by atoms with Crippen LogP contribution < -0.4 is 4.90 Å². The topological polar surface area (TPSA) is 43.7 Å². The van der Waals surface area contributed by atoms with Gasteiger partial charge in [0.25, 0.3) is 0 Å². The average molecular weight is 263 g/mol. The number of halogens is 3. The van der Waals surface area contributed by atoms with Gasteiger partial charge < -0.3 is 15.1 Å². The summed E-state index contributed by atoms with van der Waals surface area (Å²) in [6, 6.07) is 3.44. The molecule has 0 bridgehead atoms. The van der Waals surface area contributed by atoms with E-state index in [9.17, 15) is 13.2 Å². The Morgan fingerprint density at radius 3 is 2.33 bits per heavy atom. The van der Waals surface area contributed by atoms with E-state index >= 15 is 0 Å². The standard InChI is InChI=1S/C12H16F3NO2/c1-8(6-17)16(2)10-4-3-9(7-18)11(5-10)12(13,14)15/h3-5,8,17-18H,6-7H2,1-2H3. The maximum atomic E-state index is 12.8. The van der Waals surface area contributed by atoms with E-state index in [0.29, 0.717) is 5.69 Å². The Morgan fingerprint density at radius 1 is 1.28 bits per heavy atom. The van der Waals surface area contributed by atoms with Gasteiger partial charge in [-0.15, -0.1) is 0 Å². The van der Waals surface area contributed by atoms with Crippen molar-refractivity contribution in [2.75, 3.05) is 18.6 Å². The molecular weight excluding hydrogens is 247 g/mol. The van der Waals surface area contributed by atoms with Gasteiger partial charge in [-0.1, -0.05) is 6.07 Å². The highest BCUT2D eigenvalue weighted by molar-refractivity contribution is 5.52. The highest BCUT2D eigenvalue weighted by Gasteiger charge is 2.33. The number of hydrogen-bond donors (Lipinski definition) is 2. The van der Waals surface area contributed by atoms with Crippen LogP contribution in [0.5, 0.6) is 0 Å². The highest BCUT2D eigenvalue weighted by Crippen LogP contribution is 2.34. The third-order valence-electron chi connectivity index (χ3n) is 2.90. The van der Waals surface area contributed by atoms with Gasteiger partial charge in [0.15, 0.2) is 0 Å². The van der Waals surface area contributed by atoms with E-state index < -0.39 is 18.3 Å². The summed E-state index contributed by atoms with van der Waals surface area (Å²) >= 11 is 0. The quantitative estimate of drug-likeness (QED) is 0.873. The Morgan fingerprint density at radius 2 is 1.89 bits per heavy atom. The van der Waals surface area contributed by atoms with Crippen LogP contribution in [0, 0.1) is 0 Å². The van der Waals surface area contributed by atoms with Gasteiger partial charge in [-0.25, -0.2) is 0 Å². The van der Waals surface area contributed by atoms with E-state index in [1.165, 1.54) is 12.1 Å². The Kier molecular flexibility index (Phi) is 4.59. The van der Waals surface area contributed by atoms with Crippen LogP contribution in [0.25, 0.3) is 0 Å². The molecule has 102 valence electrons. The molecule has 0 amide bonds. The molecular formula is C12H16F3NO2. The minimum absolute atomic E-state index is 0.153. The molecule has 0 aliphatic rings. The van der Waals surface area contributed by atoms with Gasteiger partial charge in [0.2, 0.25) is 0 Å². The third-order valence-corrected chi connectivity index (χ3v) is 2.90. The highest BCUT2D eigenvalue weighted by atomic mass is 19.4. The molecule has 0 spiro atoms. The number of rotatable bonds is 4. The van der Waals surface area contributed by atoms with E-state index in [0.717, 1.165) is 6.07 Å². The van der Waals surface area contributed by atoms with Crippen molar-refractivity contribution in [3.63, 3.8) is 0 Å². The molecule has 1 atom stereocenters. The van der Waals surface area contributed by atoms with Crippen LogP contribution >= 0.6 is 0 Å². The van der Waals surface area contributed by atoms with Crippen molar-refractivity contribution in [1.29, 1.82) is 0 Å². The van der Waals surface area contributed by atoms with Gasteiger partial charge in [-0.05, 0) is 24.6 Å². The van der Waals surface area contributed by atoms with Crippen molar-refractivity contribution >= 4 is 5.69 Å². The van der Waals surface area contributed by atoms with E-state index in [-0.39, 0.29) is 18.2 Å². The maximum Gasteiger partial charge on any atom is 0.416 e. The van der Waals surface area contributed by atoms with Crippen molar-refractivity contribution < 1.29 is 23.4 Å². The number of aliphatic hydroxyl groups is 2. The lowest BCUT2D eigenvalue weighted by Gasteiger charge is -2.26. The smallest absolute Gasteiger partial charge is 0.394 e. The summed E-state index contributed by atoms with van der Waals surface area (Å²) in [4.78, 5) is 1.55. The second kappa shape index (κ2) is 5.58. The van der Waals surface area contributed by atoms with Gasteiger partial charge in [0, 0.05) is 18.8 Å². The normalized spacial score (nSPS) is 13.5. The number of nitrogens with zero attached hydrogens (tertiary/aromatic N) is 1. The number of anilines is 1. The minimum atomic E-state index is -4.50. The summed E-state index contributed by atoms with van der Waals surface area (Å²) < 4.78 is 38.3. The molecule has 1 unspecified atom stereocenters. The summed E-state index contributed by atoms with van der Waals surface area (Å²) in [6.07, 6.45) is -4.50. The molecule has 1 rings (SSSR count). The number of hydrogen-bond acceptors (Lipinski definition) is 3. The number of likely N-dealkylation sites (N-methyl/N-ethyl adjacent to an activating group) is 1. The first-order valence-electron chi connectivity index (χ1n) is 5.46. The molecule has 3 nitrogen and oxygen atoms in total. The van der Waals surface area contributed by atoms with Crippen LogP contribution in [-0.4, -0.2) is 29.9 Å². The van der Waals surface area contributed by atoms with Crippen LogP contribution in [0.4, 0.5) is 18.9 Å². The third kappa shape index (κ3) is 3.14. The molecule has 6 heteroatoms. The van der Waals surface area contributed by atoms with E-state index in [1.807, 2.05) is 0 Å². The zero-order valence-electron chi connectivity index (χ0n) is 10.2.